The zero-order valence-corrected chi connectivity index (χ0v) is 14.1. The van der Waals surface area contributed by atoms with Gasteiger partial charge >= 0.3 is 0 Å². The van der Waals surface area contributed by atoms with Crippen molar-refractivity contribution < 1.29 is 28.8 Å². The minimum atomic E-state index is -0.161. The summed E-state index contributed by atoms with van der Waals surface area (Å²) in [5, 5.41) is 10.1. The maximum absolute atomic E-state index is 11.1. The summed E-state index contributed by atoms with van der Waals surface area (Å²) in [7, 11) is 6.04. The van der Waals surface area contributed by atoms with E-state index in [2.05, 4.69) is 0 Å². The molecule has 0 fully saturated rings. The summed E-state index contributed by atoms with van der Waals surface area (Å²) in [6, 6.07) is 3.58. The molecule has 0 spiro atoms. The van der Waals surface area contributed by atoms with Gasteiger partial charge in [0.05, 0.1) is 28.4 Å². The Balaban J connectivity index is 2.58. The van der Waals surface area contributed by atoms with Crippen LogP contribution in [0.15, 0.2) is 41.4 Å². The van der Waals surface area contributed by atoms with Gasteiger partial charge in [0, 0.05) is 5.57 Å². The Hall–Kier alpha value is -2.89. The van der Waals surface area contributed by atoms with Crippen LogP contribution in [0.4, 0.5) is 0 Å². The summed E-state index contributed by atoms with van der Waals surface area (Å²) in [6.07, 6.45) is 4.39. The molecule has 1 N–H and O–H groups in total. The van der Waals surface area contributed by atoms with Crippen molar-refractivity contribution in [1.82, 2.24) is 0 Å². The molecule has 0 unspecified atom stereocenters. The van der Waals surface area contributed by atoms with Gasteiger partial charge in [0.15, 0.2) is 23.0 Å². The molecular weight excluding hydrogens is 312 g/mol. The van der Waals surface area contributed by atoms with Crippen LogP contribution in [0.1, 0.15) is 12.0 Å². The largest absolute Gasteiger partial charge is 0.504 e. The van der Waals surface area contributed by atoms with Crippen molar-refractivity contribution in [3.8, 4) is 17.2 Å². The van der Waals surface area contributed by atoms with Gasteiger partial charge in [0.2, 0.25) is 5.75 Å². The van der Waals surface area contributed by atoms with Gasteiger partial charge in [0.25, 0.3) is 0 Å². The van der Waals surface area contributed by atoms with Crippen LogP contribution in [0.5, 0.6) is 17.2 Å². The number of rotatable bonds is 6. The third-order valence-electron chi connectivity index (χ3n) is 3.73. The van der Waals surface area contributed by atoms with Crippen molar-refractivity contribution >= 4 is 11.9 Å². The zero-order valence-electron chi connectivity index (χ0n) is 14.1. The predicted octanol–water partition coefficient (Wildman–Crippen LogP) is 3.04. The third kappa shape index (κ3) is 3.22. The summed E-state index contributed by atoms with van der Waals surface area (Å²) in [6.45, 7) is 0. The number of ether oxygens (including phenoxy) is 4. The SMILES string of the molecule is COC1=CC(c2cc(OC)c(OC)c(OC)c2)=CCC(C=O)=C1O. The van der Waals surface area contributed by atoms with Crippen LogP contribution in [0, 0.1) is 0 Å². The quantitative estimate of drug-likeness (QED) is 0.807. The van der Waals surface area contributed by atoms with Crippen LogP contribution in [0.2, 0.25) is 0 Å². The molecule has 6 nitrogen and oxygen atoms in total. The number of hydrogen-bond donors (Lipinski definition) is 1. The summed E-state index contributed by atoms with van der Waals surface area (Å²) >= 11 is 0. The number of allylic oxidation sites excluding steroid dienone is 4. The van der Waals surface area contributed by atoms with Gasteiger partial charge in [0.1, 0.15) is 6.29 Å². The van der Waals surface area contributed by atoms with Gasteiger partial charge in [-0.15, -0.1) is 0 Å². The van der Waals surface area contributed by atoms with E-state index in [9.17, 15) is 9.90 Å². The number of benzene rings is 1. The van der Waals surface area contributed by atoms with Crippen LogP contribution in [0.3, 0.4) is 0 Å². The molecule has 6 heteroatoms. The molecule has 0 aliphatic heterocycles. The molecule has 128 valence electrons. The zero-order chi connectivity index (χ0) is 17.7. The second-order valence-corrected chi connectivity index (χ2v) is 4.98. The predicted molar refractivity (Wildman–Crippen MR) is 89.5 cm³/mol. The summed E-state index contributed by atoms with van der Waals surface area (Å²) in [5.41, 5.74) is 1.79. The molecule has 0 atom stereocenters. The average molecular weight is 332 g/mol. The van der Waals surface area contributed by atoms with E-state index >= 15 is 0 Å². The number of methoxy groups -OCH3 is 4. The van der Waals surface area contributed by atoms with Crippen LogP contribution in [-0.2, 0) is 9.53 Å². The van der Waals surface area contributed by atoms with Crippen molar-refractivity contribution in [3.63, 3.8) is 0 Å². The molecule has 1 aromatic rings. The topological polar surface area (TPSA) is 74.2 Å². The fourth-order valence-corrected chi connectivity index (χ4v) is 2.45. The van der Waals surface area contributed by atoms with E-state index < -0.39 is 0 Å². The number of aliphatic hydroxyl groups is 1. The van der Waals surface area contributed by atoms with E-state index in [0.717, 1.165) is 11.1 Å². The third-order valence-corrected chi connectivity index (χ3v) is 3.73. The second kappa shape index (κ2) is 7.59. The fourth-order valence-electron chi connectivity index (χ4n) is 2.45. The molecule has 0 saturated carbocycles. The van der Waals surface area contributed by atoms with Crippen molar-refractivity contribution in [2.45, 2.75) is 6.42 Å². The summed E-state index contributed by atoms with van der Waals surface area (Å²) in [5.74, 6) is 1.57. The molecule has 0 saturated heterocycles. The molecule has 1 aliphatic rings. The lowest BCUT2D eigenvalue weighted by molar-refractivity contribution is -0.105. The van der Waals surface area contributed by atoms with Gasteiger partial charge in [-0.3, -0.25) is 4.79 Å². The Morgan fingerprint density at radius 2 is 1.62 bits per heavy atom. The van der Waals surface area contributed by atoms with E-state index in [0.29, 0.717) is 23.5 Å². The van der Waals surface area contributed by atoms with E-state index in [1.807, 2.05) is 6.08 Å². The molecule has 1 aliphatic carbocycles. The summed E-state index contributed by atoms with van der Waals surface area (Å²) in [4.78, 5) is 11.1. The Morgan fingerprint density at radius 3 is 2.08 bits per heavy atom. The molecule has 24 heavy (non-hydrogen) atoms. The number of carbonyl (C=O) groups is 1. The number of aldehydes is 1. The minimum absolute atomic E-state index is 0.161. The molecule has 0 aromatic heterocycles. The Labute approximate surface area is 140 Å². The highest BCUT2D eigenvalue weighted by Crippen LogP contribution is 2.41. The van der Waals surface area contributed by atoms with Gasteiger partial charge in [-0.05, 0) is 35.8 Å². The number of aliphatic hydroxyl groups excluding tert-OH is 1. The Kier molecular flexibility index (Phi) is 5.52. The standard InChI is InChI=1S/C18H20O6/c1-21-14-7-11(5-6-12(10-19)17(14)20)13-8-15(22-2)18(24-4)16(9-13)23-3/h5,7-10,20H,6H2,1-4H3. The van der Waals surface area contributed by atoms with Crippen molar-refractivity contribution in [1.29, 1.82) is 0 Å². The Morgan fingerprint density at radius 1 is 1.00 bits per heavy atom. The maximum Gasteiger partial charge on any atom is 0.203 e. The molecule has 2 rings (SSSR count). The van der Waals surface area contributed by atoms with Crippen molar-refractivity contribution in [2.75, 3.05) is 28.4 Å². The van der Waals surface area contributed by atoms with Gasteiger partial charge < -0.3 is 24.1 Å². The smallest absolute Gasteiger partial charge is 0.203 e. The second-order valence-electron chi connectivity index (χ2n) is 4.98. The molecule has 0 bridgehead atoms. The fraction of sp³-hybridized carbons (Fsp3) is 0.278. The Bertz CT molecular complexity index is 702. The van der Waals surface area contributed by atoms with Crippen LogP contribution in [0.25, 0.3) is 5.57 Å². The highest BCUT2D eigenvalue weighted by Gasteiger charge is 2.19. The van der Waals surface area contributed by atoms with Crippen molar-refractivity contribution in [3.05, 3.63) is 46.9 Å². The maximum atomic E-state index is 11.1. The van der Waals surface area contributed by atoms with Crippen LogP contribution in [-0.4, -0.2) is 39.8 Å². The van der Waals surface area contributed by atoms with Crippen molar-refractivity contribution in [2.24, 2.45) is 0 Å². The number of carbonyl (C=O) groups excluding carboxylic acids is 1. The number of hydrogen-bond acceptors (Lipinski definition) is 6. The monoisotopic (exact) mass is 332 g/mol. The van der Waals surface area contributed by atoms with E-state index in [1.165, 1.54) is 28.4 Å². The lowest BCUT2D eigenvalue weighted by Crippen LogP contribution is -1.98. The first-order valence-corrected chi connectivity index (χ1v) is 7.23. The lowest BCUT2D eigenvalue weighted by atomic mass is 10.0. The lowest BCUT2D eigenvalue weighted by Gasteiger charge is -2.14. The normalized spacial score (nSPS) is 14.3. The van der Waals surface area contributed by atoms with E-state index in [1.54, 1.807) is 18.2 Å². The highest BCUT2D eigenvalue weighted by atomic mass is 16.5. The highest BCUT2D eigenvalue weighted by molar-refractivity contribution is 5.83. The van der Waals surface area contributed by atoms with E-state index in [4.69, 9.17) is 18.9 Å². The molecule has 0 heterocycles. The first kappa shape index (κ1) is 17.5. The first-order chi connectivity index (χ1) is 11.6. The summed E-state index contributed by atoms with van der Waals surface area (Å²) < 4.78 is 21.2. The molecule has 0 radical (unpaired) electrons. The molecular formula is C18H20O6. The van der Waals surface area contributed by atoms with E-state index in [-0.39, 0.29) is 23.5 Å². The average Bonchev–Trinajstić information content (AvgIpc) is 2.78. The first-order valence-electron chi connectivity index (χ1n) is 7.23. The van der Waals surface area contributed by atoms with Crippen LogP contribution < -0.4 is 14.2 Å². The minimum Gasteiger partial charge on any atom is -0.504 e. The van der Waals surface area contributed by atoms with Crippen LogP contribution >= 0.6 is 0 Å². The molecule has 0 amide bonds. The van der Waals surface area contributed by atoms with Gasteiger partial charge in [-0.2, -0.15) is 0 Å². The molecule has 1 aromatic carbocycles. The van der Waals surface area contributed by atoms with Gasteiger partial charge in [-0.25, -0.2) is 0 Å². The van der Waals surface area contributed by atoms with Gasteiger partial charge in [-0.1, -0.05) is 6.08 Å².